The number of aliphatic hydroxyl groups excluding tert-OH is 1. The van der Waals surface area contributed by atoms with Crippen LogP contribution >= 0.6 is 15.9 Å². The fourth-order valence-electron chi connectivity index (χ4n) is 1.79. The molecule has 0 fully saturated rings. The Labute approximate surface area is 124 Å². The molecule has 108 valence electrons. The van der Waals surface area contributed by atoms with Gasteiger partial charge in [0.15, 0.2) is 0 Å². The third-order valence-corrected chi connectivity index (χ3v) is 3.08. The summed E-state index contributed by atoms with van der Waals surface area (Å²) >= 11 is 3.18. The van der Waals surface area contributed by atoms with Crippen molar-refractivity contribution in [1.82, 2.24) is 14.8 Å². The molecule has 7 heteroatoms. The van der Waals surface area contributed by atoms with Gasteiger partial charge in [-0.25, -0.2) is 14.1 Å². The maximum atomic E-state index is 13.2. The summed E-state index contributed by atoms with van der Waals surface area (Å²) in [5, 5.41) is 14.1. The number of aryl methyl sites for hydroxylation is 2. The number of aromatic nitrogens is 3. The molecular weight excluding hydrogens is 329 g/mol. The van der Waals surface area contributed by atoms with Crippen LogP contribution in [-0.2, 0) is 6.54 Å². The van der Waals surface area contributed by atoms with Gasteiger partial charge in [0, 0.05) is 10.5 Å². The minimum absolute atomic E-state index is 0.0498. The first-order valence-corrected chi connectivity index (χ1v) is 6.88. The van der Waals surface area contributed by atoms with E-state index >= 15 is 0 Å². The van der Waals surface area contributed by atoms with Crippen LogP contribution in [0, 0.1) is 19.7 Å². The maximum absolute atomic E-state index is 13.2. The molecule has 1 N–H and O–H groups in total. The van der Waals surface area contributed by atoms with E-state index in [1.54, 1.807) is 17.7 Å². The highest BCUT2D eigenvalue weighted by Gasteiger charge is 2.11. The molecule has 0 aliphatic rings. The van der Waals surface area contributed by atoms with Gasteiger partial charge in [0.05, 0.1) is 6.54 Å². The first kappa shape index (κ1) is 14.9. The number of aliphatic hydroxyl groups is 1. The van der Waals surface area contributed by atoms with Crippen LogP contribution in [-0.4, -0.2) is 32.6 Å². The Hall–Kier alpha value is -1.47. The minimum Gasteiger partial charge on any atom is -0.491 e. The van der Waals surface area contributed by atoms with Crippen molar-refractivity contribution in [3.8, 4) is 5.75 Å². The van der Waals surface area contributed by atoms with Crippen LogP contribution in [0.5, 0.6) is 5.75 Å². The quantitative estimate of drug-likeness (QED) is 0.904. The van der Waals surface area contributed by atoms with Gasteiger partial charge in [-0.2, -0.15) is 5.10 Å². The molecule has 2 aromatic rings. The highest BCUT2D eigenvalue weighted by atomic mass is 79.9. The number of rotatable bonds is 5. The second-order valence-corrected chi connectivity index (χ2v) is 5.37. The lowest BCUT2D eigenvalue weighted by molar-refractivity contribution is 0.0884. The molecule has 2 rings (SSSR count). The van der Waals surface area contributed by atoms with Gasteiger partial charge in [0.25, 0.3) is 0 Å². The summed E-state index contributed by atoms with van der Waals surface area (Å²) in [6, 6.07) is 4.24. The van der Waals surface area contributed by atoms with Crippen LogP contribution in [0.3, 0.4) is 0 Å². The van der Waals surface area contributed by atoms with Crippen LogP contribution < -0.4 is 4.74 Å². The Bertz CT molecular complexity index is 583. The molecule has 0 radical (unpaired) electrons. The Morgan fingerprint density at radius 2 is 2.15 bits per heavy atom. The SMILES string of the molecule is Cc1nc(C)n(C[C@H](O)COc2cc(F)cc(Br)c2)n1. The van der Waals surface area contributed by atoms with E-state index in [0.717, 1.165) is 5.82 Å². The summed E-state index contributed by atoms with van der Waals surface area (Å²) < 4.78 is 20.7. The molecule has 0 amide bonds. The highest BCUT2D eigenvalue weighted by Crippen LogP contribution is 2.20. The zero-order valence-corrected chi connectivity index (χ0v) is 12.8. The van der Waals surface area contributed by atoms with Crippen molar-refractivity contribution in [3.63, 3.8) is 0 Å². The number of nitrogens with zero attached hydrogens (tertiary/aromatic N) is 3. The molecule has 1 aromatic carbocycles. The summed E-state index contributed by atoms with van der Waals surface area (Å²) in [5.41, 5.74) is 0. The summed E-state index contributed by atoms with van der Waals surface area (Å²) in [7, 11) is 0. The predicted molar refractivity (Wildman–Crippen MR) is 75.1 cm³/mol. The Balaban J connectivity index is 1.92. The minimum atomic E-state index is -0.753. The van der Waals surface area contributed by atoms with Gasteiger partial charge in [-0.05, 0) is 26.0 Å². The molecule has 1 heterocycles. The summed E-state index contributed by atoms with van der Waals surface area (Å²) in [6.45, 7) is 3.94. The van der Waals surface area contributed by atoms with E-state index in [9.17, 15) is 9.50 Å². The van der Waals surface area contributed by atoms with Gasteiger partial charge in [0.1, 0.15) is 35.9 Å². The molecule has 0 unspecified atom stereocenters. The summed E-state index contributed by atoms with van der Waals surface area (Å²) in [6.07, 6.45) is -0.753. The first-order valence-electron chi connectivity index (χ1n) is 6.09. The van der Waals surface area contributed by atoms with Gasteiger partial charge in [0.2, 0.25) is 0 Å². The normalized spacial score (nSPS) is 12.4. The lowest BCUT2D eigenvalue weighted by atomic mass is 10.3. The van der Waals surface area contributed by atoms with Gasteiger partial charge in [-0.3, -0.25) is 0 Å². The van der Waals surface area contributed by atoms with Crippen molar-refractivity contribution in [1.29, 1.82) is 0 Å². The van der Waals surface area contributed by atoms with E-state index in [1.165, 1.54) is 12.1 Å². The Kier molecular flexibility index (Phi) is 4.72. The van der Waals surface area contributed by atoms with Crippen molar-refractivity contribution in [2.45, 2.75) is 26.5 Å². The zero-order chi connectivity index (χ0) is 14.7. The standard InChI is InChI=1S/C13H15BrFN3O2/c1-8-16-9(2)18(17-8)6-12(19)7-20-13-4-10(14)3-11(15)5-13/h3-5,12,19H,6-7H2,1-2H3/t12-/m0/s1. The molecule has 0 aliphatic heterocycles. The molecule has 1 atom stereocenters. The number of ether oxygens (including phenoxy) is 1. The van der Waals surface area contributed by atoms with Crippen molar-refractivity contribution in [3.05, 3.63) is 40.1 Å². The van der Waals surface area contributed by atoms with Crippen LogP contribution in [0.2, 0.25) is 0 Å². The van der Waals surface area contributed by atoms with Gasteiger partial charge < -0.3 is 9.84 Å². The average molecular weight is 344 g/mol. The van der Waals surface area contributed by atoms with E-state index in [2.05, 4.69) is 26.0 Å². The topological polar surface area (TPSA) is 60.2 Å². The fraction of sp³-hybridized carbons (Fsp3) is 0.385. The van der Waals surface area contributed by atoms with Crippen molar-refractivity contribution in [2.24, 2.45) is 0 Å². The van der Waals surface area contributed by atoms with Crippen molar-refractivity contribution >= 4 is 15.9 Å². The average Bonchev–Trinajstić information content (AvgIpc) is 2.64. The summed E-state index contributed by atoms with van der Waals surface area (Å²) in [4.78, 5) is 4.15. The van der Waals surface area contributed by atoms with E-state index < -0.39 is 11.9 Å². The third kappa shape index (κ3) is 4.01. The van der Waals surface area contributed by atoms with E-state index in [0.29, 0.717) is 16.0 Å². The molecule has 1 aromatic heterocycles. The van der Waals surface area contributed by atoms with Crippen molar-refractivity contribution in [2.75, 3.05) is 6.61 Å². The fourth-order valence-corrected chi connectivity index (χ4v) is 2.24. The van der Waals surface area contributed by atoms with Gasteiger partial charge >= 0.3 is 0 Å². The van der Waals surface area contributed by atoms with Gasteiger partial charge in [-0.1, -0.05) is 15.9 Å². The van der Waals surface area contributed by atoms with Crippen LogP contribution in [0.4, 0.5) is 4.39 Å². The number of hydrogen-bond donors (Lipinski definition) is 1. The molecule has 0 saturated carbocycles. The summed E-state index contributed by atoms with van der Waals surface area (Å²) in [5.74, 6) is 1.36. The van der Waals surface area contributed by atoms with Crippen LogP contribution in [0.25, 0.3) is 0 Å². The maximum Gasteiger partial charge on any atom is 0.147 e. The van der Waals surface area contributed by atoms with Crippen molar-refractivity contribution < 1.29 is 14.2 Å². The molecule has 20 heavy (non-hydrogen) atoms. The molecule has 0 aliphatic carbocycles. The van der Waals surface area contributed by atoms with E-state index in [1.807, 2.05) is 6.92 Å². The molecule has 0 spiro atoms. The largest absolute Gasteiger partial charge is 0.491 e. The number of halogens is 2. The Morgan fingerprint density at radius 3 is 2.75 bits per heavy atom. The number of hydrogen-bond acceptors (Lipinski definition) is 4. The first-order chi connectivity index (χ1) is 9.44. The molecule has 0 saturated heterocycles. The zero-order valence-electron chi connectivity index (χ0n) is 11.2. The molecular formula is C13H15BrFN3O2. The smallest absolute Gasteiger partial charge is 0.147 e. The number of benzene rings is 1. The lowest BCUT2D eigenvalue weighted by Crippen LogP contribution is -2.24. The third-order valence-electron chi connectivity index (χ3n) is 2.62. The van der Waals surface area contributed by atoms with E-state index in [-0.39, 0.29) is 13.2 Å². The molecule has 0 bridgehead atoms. The van der Waals surface area contributed by atoms with E-state index in [4.69, 9.17) is 4.74 Å². The van der Waals surface area contributed by atoms with Crippen LogP contribution in [0.1, 0.15) is 11.6 Å². The predicted octanol–water partition coefficient (Wildman–Crippen LogP) is 2.24. The van der Waals surface area contributed by atoms with Gasteiger partial charge in [-0.15, -0.1) is 0 Å². The lowest BCUT2D eigenvalue weighted by Gasteiger charge is -2.13. The van der Waals surface area contributed by atoms with Crippen LogP contribution in [0.15, 0.2) is 22.7 Å². The highest BCUT2D eigenvalue weighted by molar-refractivity contribution is 9.10. The second-order valence-electron chi connectivity index (χ2n) is 4.46. The Morgan fingerprint density at radius 1 is 1.40 bits per heavy atom. The monoisotopic (exact) mass is 343 g/mol. The molecule has 5 nitrogen and oxygen atoms in total. The second kappa shape index (κ2) is 6.32.